The molecular weight excluding hydrogens is 284 g/mol. The minimum absolute atomic E-state index is 0.0344. The topological polar surface area (TPSA) is 60.9 Å². The van der Waals surface area contributed by atoms with Crippen LogP contribution in [0.15, 0.2) is 12.1 Å². The molecule has 0 unspecified atom stereocenters. The molecule has 0 bridgehead atoms. The second kappa shape index (κ2) is 7.98. The lowest BCUT2D eigenvalue weighted by atomic mass is 9.98. The maximum absolute atomic E-state index is 12.9. The van der Waals surface area contributed by atoms with Crippen molar-refractivity contribution in [2.24, 2.45) is 0 Å². The Morgan fingerprint density at radius 2 is 2.09 bits per heavy atom. The first-order valence-corrected chi connectivity index (χ1v) is 7.60. The van der Waals surface area contributed by atoms with Gasteiger partial charge in [-0.05, 0) is 31.7 Å². The van der Waals surface area contributed by atoms with Crippen molar-refractivity contribution in [1.29, 1.82) is 0 Å². The summed E-state index contributed by atoms with van der Waals surface area (Å²) in [7, 11) is 4.73. The average Bonchev–Trinajstić information content (AvgIpc) is 2.58. The van der Waals surface area contributed by atoms with Crippen LogP contribution >= 0.6 is 0 Å². The Morgan fingerprint density at radius 1 is 1.27 bits per heavy atom. The van der Waals surface area contributed by atoms with Crippen molar-refractivity contribution < 1.29 is 19.0 Å². The van der Waals surface area contributed by atoms with E-state index in [1.54, 1.807) is 19.2 Å². The Kier molecular flexibility index (Phi) is 6.00. The average molecular weight is 308 g/mol. The van der Waals surface area contributed by atoms with Crippen LogP contribution in [0.3, 0.4) is 0 Å². The Bertz CT molecular complexity index is 507. The van der Waals surface area contributed by atoms with Gasteiger partial charge in [0.05, 0.1) is 14.2 Å². The third kappa shape index (κ3) is 3.68. The summed E-state index contributed by atoms with van der Waals surface area (Å²) in [4.78, 5) is 19.0. The predicted octanol–water partition coefficient (Wildman–Crippen LogP) is 2.13. The quantitative estimate of drug-likeness (QED) is 0.805. The van der Waals surface area contributed by atoms with Crippen molar-refractivity contribution in [3.63, 3.8) is 0 Å². The second-order valence-corrected chi connectivity index (χ2v) is 5.34. The molecule has 1 atom stereocenters. The molecule has 2 heterocycles. The Hall–Kier alpha value is -1.82. The standard InChI is InChI=1S/C16H24N2O4/c1-20-11-9-12-6-4-5-10-18(12)16(19)13-7-8-14(21-2)17-15(13)22-3/h7-8,12H,4-6,9-11H2,1-3H3/t12-/m0/s1. The zero-order valence-electron chi connectivity index (χ0n) is 13.5. The van der Waals surface area contributed by atoms with Gasteiger partial charge in [0.1, 0.15) is 5.56 Å². The van der Waals surface area contributed by atoms with Crippen LogP contribution in [-0.4, -0.2) is 56.3 Å². The summed E-state index contributed by atoms with van der Waals surface area (Å²) in [6, 6.07) is 3.62. The first-order chi connectivity index (χ1) is 10.7. The molecule has 1 aliphatic heterocycles. The molecule has 0 spiro atoms. The lowest BCUT2D eigenvalue weighted by Gasteiger charge is -2.36. The van der Waals surface area contributed by atoms with Crippen LogP contribution in [0.2, 0.25) is 0 Å². The maximum atomic E-state index is 12.9. The number of carbonyl (C=O) groups excluding carboxylic acids is 1. The minimum Gasteiger partial charge on any atom is -0.481 e. The summed E-state index contributed by atoms with van der Waals surface area (Å²) in [5.74, 6) is 0.705. The zero-order valence-corrected chi connectivity index (χ0v) is 13.5. The molecule has 22 heavy (non-hydrogen) atoms. The van der Waals surface area contributed by atoms with Gasteiger partial charge in [-0.1, -0.05) is 0 Å². The van der Waals surface area contributed by atoms with Crippen LogP contribution < -0.4 is 9.47 Å². The number of carbonyl (C=O) groups is 1. The number of ether oxygens (including phenoxy) is 3. The summed E-state index contributed by atoms with van der Waals surface area (Å²) >= 11 is 0. The first-order valence-electron chi connectivity index (χ1n) is 7.60. The molecule has 0 aliphatic carbocycles. The molecule has 0 aromatic carbocycles. The lowest BCUT2D eigenvalue weighted by molar-refractivity contribution is 0.0549. The van der Waals surface area contributed by atoms with Gasteiger partial charge < -0.3 is 19.1 Å². The van der Waals surface area contributed by atoms with Gasteiger partial charge in [0.25, 0.3) is 5.91 Å². The van der Waals surface area contributed by atoms with E-state index in [2.05, 4.69) is 4.98 Å². The van der Waals surface area contributed by atoms with Gasteiger partial charge in [-0.3, -0.25) is 4.79 Å². The molecule has 1 aliphatic rings. The van der Waals surface area contributed by atoms with E-state index in [1.807, 2.05) is 4.90 Å². The number of pyridine rings is 1. The zero-order chi connectivity index (χ0) is 15.9. The van der Waals surface area contributed by atoms with E-state index in [-0.39, 0.29) is 11.9 Å². The van der Waals surface area contributed by atoms with Crippen molar-refractivity contribution in [1.82, 2.24) is 9.88 Å². The highest BCUT2D eigenvalue weighted by Crippen LogP contribution is 2.26. The van der Waals surface area contributed by atoms with Crippen molar-refractivity contribution in [2.75, 3.05) is 34.5 Å². The van der Waals surface area contributed by atoms with Gasteiger partial charge in [-0.25, -0.2) is 0 Å². The van der Waals surface area contributed by atoms with E-state index < -0.39 is 0 Å². The van der Waals surface area contributed by atoms with Crippen molar-refractivity contribution in [3.05, 3.63) is 17.7 Å². The molecular formula is C16H24N2O4. The Labute approximate surface area is 131 Å². The fourth-order valence-electron chi connectivity index (χ4n) is 2.83. The SMILES string of the molecule is COCC[C@@H]1CCCCN1C(=O)c1ccc(OC)nc1OC. The number of methoxy groups -OCH3 is 3. The summed E-state index contributed by atoms with van der Waals surface area (Å²) in [6.45, 7) is 1.43. The molecule has 6 nitrogen and oxygen atoms in total. The monoisotopic (exact) mass is 308 g/mol. The van der Waals surface area contributed by atoms with Crippen molar-refractivity contribution in [3.8, 4) is 11.8 Å². The summed E-state index contributed by atoms with van der Waals surface area (Å²) in [5, 5.41) is 0. The lowest BCUT2D eigenvalue weighted by Crippen LogP contribution is -2.44. The molecule has 2 rings (SSSR count). The number of piperidine rings is 1. The van der Waals surface area contributed by atoms with Gasteiger partial charge >= 0.3 is 0 Å². The summed E-state index contributed by atoms with van der Waals surface area (Å²) < 4.78 is 15.5. The van der Waals surface area contributed by atoms with Gasteiger partial charge in [0, 0.05) is 32.4 Å². The third-order valence-corrected chi connectivity index (χ3v) is 4.01. The first kappa shape index (κ1) is 16.5. The number of likely N-dealkylation sites (tertiary alicyclic amines) is 1. The van der Waals surface area contributed by atoms with Gasteiger partial charge in [-0.15, -0.1) is 0 Å². The second-order valence-electron chi connectivity index (χ2n) is 5.34. The Balaban J connectivity index is 2.21. The number of hydrogen-bond donors (Lipinski definition) is 0. The summed E-state index contributed by atoms with van der Waals surface area (Å²) in [5.41, 5.74) is 0.479. The van der Waals surface area contributed by atoms with Gasteiger partial charge in [0.15, 0.2) is 0 Å². The number of amides is 1. The molecule has 1 saturated heterocycles. The van der Waals surface area contributed by atoms with E-state index in [0.29, 0.717) is 23.9 Å². The van der Waals surface area contributed by atoms with Crippen molar-refractivity contribution >= 4 is 5.91 Å². The van der Waals surface area contributed by atoms with E-state index in [4.69, 9.17) is 14.2 Å². The maximum Gasteiger partial charge on any atom is 0.259 e. The highest BCUT2D eigenvalue weighted by molar-refractivity contribution is 5.96. The molecule has 1 amide bonds. The van der Waals surface area contributed by atoms with Crippen LogP contribution in [0.1, 0.15) is 36.0 Å². The number of aromatic nitrogens is 1. The summed E-state index contributed by atoms with van der Waals surface area (Å²) in [6.07, 6.45) is 4.05. The van der Waals surface area contributed by atoms with Crippen LogP contribution in [0.25, 0.3) is 0 Å². The minimum atomic E-state index is -0.0344. The van der Waals surface area contributed by atoms with Crippen LogP contribution in [0.4, 0.5) is 0 Å². The number of rotatable bonds is 6. The van der Waals surface area contributed by atoms with E-state index in [9.17, 15) is 4.79 Å². The van der Waals surface area contributed by atoms with Crippen LogP contribution in [-0.2, 0) is 4.74 Å². The largest absolute Gasteiger partial charge is 0.481 e. The van der Waals surface area contributed by atoms with Gasteiger partial charge in [0.2, 0.25) is 11.8 Å². The Morgan fingerprint density at radius 3 is 2.77 bits per heavy atom. The molecule has 1 aromatic heterocycles. The normalized spacial score (nSPS) is 18.1. The molecule has 1 aromatic rings. The highest BCUT2D eigenvalue weighted by Gasteiger charge is 2.29. The van der Waals surface area contributed by atoms with Crippen LogP contribution in [0, 0.1) is 0 Å². The number of hydrogen-bond acceptors (Lipinski definition) is 5. The van der Waals surface area contributed by atoms with E-state index in [0.717, 1.165) is 32.2 Å². The van der Waals surface area contributed by atoms with E-state index >= 15 is 0 Å². The van der Waals surface area contributed by atoms with E-state index in [1.165, 1.54) is 14.2 Å². The fraction of sp³-hybridized carbons (Fsp3) is 0.625. The molecule has 1 fully saturated rings. The molecule has 122 valence electrons. The molecule has 0 saturated carbocycles. The van der Waals surface area contributed by atoms with Crippen LogP contribution in [0.5, 0.6) is 11.8 Å². The fourth-order valence-corrected chi connectivity index (χ4v) is 2.83. The molecule has 0 N–H and O–H groups in total. The third-order valence-electron chi connectivity index (χ3n) is 4.01. The highest BCUT2D eigenvalue weighted by atomic mass is 16.5. The number of nitrogens with zero attached hydrogens (tertiary/aromatic N) is 2. The molecule has 6 heteroatoms. The van der Waals surface area contributed by atoms with Crippen molar-refractivity contribution in [2.45, 2.75) is 31.7 Å². The van der Waals surface area contributed by atoms with Gasteiger partial charge in [-0.2, -0.15) is 4.98 Å². The predicted molar refractivity (Wildman–Crippen MR) is 82.5 cm³/mol. The molecule has 0 radical (unpaired) electrons. The smallest absolute Gasteiger partial charge is 0.259 e.